The molecule has 1 aliphatic rings. The molecule has 0 aliphatic carbocycles. The van der Waals surface area contributed by atoms with E-state index in [0.29, 0.717) is 25.1 Å². The van der Waals surface area contributed by atoms with E-state index in [0.717, 1.165) is 14.8 Å². The topological polar surface area (TPSA) is 61.8 Å². The Balaban J connectivity index is 1.73. The van der Waals surface area contributed by atoms with Crippen LogP contribution in [0.15, 0.2) is 59.7 Å². The van der Waals surface area contributed by atoms with Gasteiger partial charge in [0.1, 0.15) is 5.71 Å². The van der Waals surface area contributed by atoms with E-state index < -0.39 is 0 Å². The third-order valence-corrected chi connectivity index (χ3v) is 4.30. The summed E-state index contributed by atoms with van der Waals surface area (Å²) < 4.78 is 1.04. The number of carbonyl (C=O) groups is 2. The largest absolute Gasteiger partial charge is 0.321 e. The normalized spacial score (nSPS) is 14.3. The first-order chi connectivity index (χ1) is 11.6. The number of hydrazone groups is 1. The zero-order valence-electron chi connectivity index (χ0n) is 12.9. The highest BCUT2D eigenvalue weighted by molar-refractivity contribution is 14.1. The van der Waals surface area contributed by atoms with Crippen LogP contribution in [0.2, 0.25) is 0 Å². The van der Waals surface area contributed by atoms with E-state index >= 15 is 0 Å². The number of anilines is 1. The van der Waals surface area contributed by atoms with Crippen molar-refractivity contribution in [1.82, 2.24) is 5.01 Å². The lowest BCUT2D eigenvalue weighted by Gasteiger charge is -2.23. The number of halogens is 1. The van der Waals surface area contributed by atoms with E-state index in [1.807, 2.05) is 54.6 Å². The summed E-state index contributed by atoms with van der Waals surface area (Å²) in [5.41, 5.74) is 2.08. The van der Waals surface area contributed by atoms with Crippen molar-refractivity contribution in [2.24, 2.45) is 5.10 Å². The molecule has 24 heavy (non-hydrogen) atoms. The Morgan fingerprint density at radius 2 is 1.92 bits per heavy atom. The summed E-state index contributed by atoms with van der Waals surface area (Å²) in [6, 6.07) is 17.2. The Kier molecular flexibility index (Phi) is 5.24. The maximum absolute atomic E-state index is 12.4. The zero-order chi connectivity index (χ0) is 16.9. The summed E-state index contributed by atoms with van der Waals surface area (Å²) in [4.78, 5) is 24.5. The van der Waals surface area contributed by atoms with Gasteiger partial charge in [0.2, 0.25) is 5.91 Å². The second-order valence-corrected chi connectivity index (χ2v) is 6.69. The molecular formula is C18H16IN3O2. The number of hydrogen-bond acceptors (Lipinski definition) is 3. The molecule has 2 aromatic rings. The van der Waals surface area contributed by atoms with Crippen LogP contribution in [0.1, 0.15) is 18.4 Å². The number of carbonyl (C=O) groups excluding carboxylic acids is 2. The maximum Gasteiger partial charge on any atom is 0.271 e. The van der Waals surface area contributed by atoms with Gasteiger partial charge in [-0.2, -0.15) is 5.10 Å². The van der Waals surface area contributed by atoms with Crippen LogP contribution in [0.25, 0.3) is 0 Å². The van der Waals surface area contributed by atoms with Gasteiger partial charge >= 0.3 is 0 Å². The van der Waals surface area contributed by atoms with Gasteiger partial charge < -0.3 is 5.32 Å². The van der Waals surface area contributed by atoms with Gasteiger partial charge in [0.25, 0.3) is 5.91 Å². The van der Waals surface area contributed by atoms with Crippen molar-refractivity contribution in [3.63, 3.8) is 0 Å². The third-order valence-electron chi connectivity index (χ3n) is 3.62. The fourth-order valence-corrected chi connectivity index (χ4v) is 2.96. The first kappa shape index (κ1) is 16.6. The average Bonchev–Trinajstić information content (AvgIpc) is 2.58. The van der Waals surface area contributed by atoms with Crippen molar-refractivity contribution in [2.75, 3.05) is 5.32 Å². The zero-order valence-corrected chi connectivity index (χ0v) is 15.1. The average molecular weight is 433 g/mol. The summed E-state index contributed by atoms with van der Waals surface area (Å²) in [6.07, 6.45) is 0.658. The summed E-state index contributed by atoms with van der Waals surface area (Å²) in [7, 11) is 0. The van der Waals surface area contributed by atoms with Gasteiger partial charge in [0.15, 0.2) is 0 Å². The summed E-state index contributed by atoms with van der Waals surface area (Å²) in [5.74, 6) is -0.327. The lowest BCUT2D eigenvalue weighted by atomic mass is 10.1. The molecule has 1 N–H and O–H groups in total. The minimum Gasteiger partial charge on any atom is -0.321 e. The van der Waals surface area contributed by atoms with Crippen LogP contribution in [0.3, 0.4) is 0 Å². The van der Waals surface area contributed by atoms with Crippen molar-refractivity contribution >= 4 is 45.8 Å². The number of benzene rings is 2. The number of hydrogen-bond donors (Lipinski definition) is 1. The first-order valence-electron chi connectivity index (χ1n) is 7.60. The second-order valence-electron chi connectivity index (χ2n) is 5.45. The summed E-state index contributed by atoms with van der Waals surface area (Å²) in [5, 5.41) is 8.48. The molecule has 2 amide bonds. The highest BCUT2D eigenvalue weighted by Gasteiger charge is 2.24. The van der Waals surface area contributed by atoms with Crippen LogP contribution in [-0.4, -0.2) is 22.5 Å². The molecule has 0 bridgehead atoms. The fraction of sp³-hybridized carbons (Fsp3) is 0.167. The summed E-state index contributed by atoms with van der Waals surface area (Å²) >= 11 is 2.19. The highest BCUT2D eigenvalue weighted by atomic mass is 127. The molecule has 5 nitrogen and oxygen atoms in total. The molecule has 0 spiro atoms. The van der Waals surface area contributed by atoms with Gasteiger partial charge in [0, 0.05) is 22.1 Å². The molecule has 0 atom stereocenters. The van der Waals surface area contributed by atoms with Crippen LogP contribution in [0, 0.1) is 3.57 Å². The second kappa shape index (κ2) is 7.57. The monoisotopic (exact) mass is 433 g/mol. The molecule has 0 unspecified atom stereocenters. The molecule has 3 rings (SSSR count). The van der Waals surface area contributed by atoms with E-state index in [2.05, 4.69) is 33.0 Å². The minimum absolute atomic E-state index is 0.0651. The van der Waals surface area contributed by atoms with E-state index in [4.69, 9.17) is 0 Å². The molecule has 0 radical (unpaired) electrons. The molecule has 1 aliphatic heterocycles. The molecule has 0 fully saturated rings. The number of nitrogens with one attached hydrogen (secondary N) is 1. The molecule has 0 saturated heterocycles. The molecule has 122 valence electrons. The highest BCUT2D eigenvalue weighted by Crippen LogP contribution is 2.16. The predicted octanol–water partition coefficient (Wildman–Crippen LogP) is 3.41. The van der Waals surface area contributed by atoms with Crippen LogP contribution in [-0.2, 0) is 16.1 Å². The lowest BCUT2D eigenvalue weighted by molar-refractivity contribution is -0.132. The van der Waals surface area contributed by atoms with Gasteiger partial charge in [-0.1, -0.05) is 36.4 Å². The Morgan fingerprint density at radius 3 is 2.67 bits per heavy atom. The first-order valence-corrected chi connectivity index (χ1v) is 8.68. The van der Waals surface area contributed by atoms with Crippen molar-refractivity contribution in [3.8, 4) is 0 Å². The predicted molar refractivity (Wildman–Crippen MR) is 101 cm³/mol. The van der Waals surface area contributed by atoms with E-state index in [1.54, 1.807) is 0 Å². The van der Waals surface area contributed by atoms with Crippen molar-refractivity contribution in [1.29, 1.82) is 0 Å². The van der Waals surface area contributed by atoms with Crippen LogP contribution in [0.5, 0.6) is 0 Å². The van der Waals surface area contributed by atoms with Crippen LogP contribution in [0.4, 0.5) is 5.69 Å². The Bertz CT molecular complexity index is 790. The molecule has 0 saturated carbocycles. The van der Waals surface area contributed by atoms with E-state index in [-0.39, 0.29) is 11.8 Å². The fourth-order valence-electron chi connectivity index (χ4n) is 2.41. The maximum atomic E-state index is 12.4. The molecule has 6 heteroatoms. The molecule has 0 aromatic heterocycles. The van der Waals surface area contributed by atoms with E-state index in [1.165, 1.54) is 5.01 Å². The standard InChI is InChI=1S/C18H16IN3O2/c19-14-7-4-8-15(11-14)20-18(24)16-9-10-17(23)22(21-16)12-13-5-2-1-3-6-13/h1-8,11H,9-10,12H2,(H,20,24). The molecule has 1 heterocycles. The molecule has 2 aromatic carbocycles. The van der Waals surface area contributed by atoms with Crippen LogP contribution >= 0.6 is 22.6 Å². The van der Waals surface area contributed by atoms with Crippen molar-refractivity contribution in [2.45, 2.75) is 19.4 Å². The smallest absolute Gasteiger partial charge is 0.271 e. The third kappa shape index (κ3) is 4.19. The van der Waals surface area contributed by atoms with Gasteiger partial charge in [-0.05, 0) is 46.4 Å². The SMILES string of the molecule is O=C(Nc1cccc(I)c1)C1=NN(Cc2ccccc2)C(=O)CC1. The van der Waals surface area contributed by atoms with Crippen LogP contribution < -0.4 is 5.32 Å². The number of amides is 2. The number of nitrogens with zero attached hydrogens (tertiary/aromatic N) is 2. The van der Waals surface area contributed by atoms with Gasteiger partial charge in [-0.3, -0.25) is 9.59 Å². The van der Waals surface area contributed by atoms with E-state index in [9.17, 15) is 9.59 Å². The Hall–Kier alpha value is -2.22. The minimum atomic E-state index is -0.262. The van der Waals surface area contributed by atoms with Crippen molar-refractivity contribution < 1.29 is 9.59 Å². The van der Waals surface area contributed by atoms with Crippen molar-refractivity contribution in [3.05, 3.63) is 63.7 Å². The number of rotatable bonds is 4. The van der Waals surface area contributed by atoms with Gasteiger partial charge in [-0.15, -0.1) is 0 Å². The summed E-state index contributed by atoms with van der Waals surface area (Å²) in [6.45, 7) is 0.375. The lowest BCUT2D eigenvalue weighted by Crippen LogP contribution is -2.36. The van der Waals surface area contributed by atoms with Gasteiger partial charge in [0.05, 0.1) is 6.54 Å². The Labute approximate surface area is 153 Å². The quantitative estimate of drug-likeness (QED) is 0.752. The van der Waals surface area contributed by atoms with Gasteiger partial charge in [-0.25, -0.2) is 5.01 Å². The Morgan fingerprint density at radius 1 is 1.12 bits per heavy atom. The molecular weight excluding hydrogens is 417 g/mol.